The molecule has 0 fully saturated rings. The van der Waals surface area contributed by atoms with E-state index in [-0.39, 0.29) is 0 Å². The van der Waals surface area contributed by atoms with Gasteiger partial charge in [-0.15, -0.1) is 0 Å². The topological polar surface area (TPSA) is 25.8 Å². The summed E-state index contributed by atoms with van der Waals surface area (Å²) in [4.78, 5) is 8.13. The summed E-state index contributed by atoms with van der Waals surface area (Å²) in [7, 11) is 0. The van der Waals surface area contributed by atoms with E-state index < -0.39 is 0 Å². The van der Waals surface area contributed by atoms with Crippen molar-refractivity contribution in [2.24, 2.45) is 0 Å². The molecular formula is C8H11N2. The van der Waals surface area contributed by atoms with Crippen LogP contribution in [0.3, 0.4) is 0 Å². The summed E-state index contributed by atoms with van der Waals surface area (Å²) < 4.78 is 0. The van der Waals surface area contributed by atoms with Crippen LogP contribution in [0.25, 0.3) is 0 Å². The molecule has 0 N–H and O–H groups in total. The van der Waals surface area contributed by atoms with Crippen LogP contribution in [0, 0.1) is 6.42 Å². The zero-order valence-electron chi connectivity index (χ0n) is 6.28. The van der Waals surface area contributed by atoms with Crippen molar-refractivity contribution in [3.63, 3.8) is 0 Å². The molecule has 53 valence electrons. The first-order valence-electron chi connectivity index (χ1n) is 3.40. The Hall–Kier alpha value is -0.920. The van der Waals surface area contributed by atoms with Gasteiger partial charge in [-0.3, -0.25) is 9.97 Å². The van der Waals surface area contributed by atoms with Crippen LogP contribution >= 0.6 is 0 Å². The summed E-state index contributed by atoms with van der Waals surface area (Å²) in [6, 6.07) is 0. The summed E-state index contributed by atoms with van der Waals surface area (Å²) in [5.41, 5.74) is 1.03. The minimum atomic E-state index is 0.411. The first-order valence-corrected chi connectivity index (χ1v) is 3.40. The maximum atomic E-state index is 4.16. The summed E-state index contributed by atoms with van der Waals surface area (Å²) in [5, 5.41) is 0. The molecule has 0 amide bonds. The monoisotopic (exact) mass is 135 g/mol. The van der Waals surface area contributed by atoms with E-state index in [9.17, 15) is 0 Å². The van der Waals surface area contributed by atoms with Gasteiger partial charge in [0, 0.05) is 24.5 Å². The van der Waals surface area contributed by atoms with Gasteiger partial charge in [0.15, 0.2) is 0 Å². The highest BCUT2D eigenvalue weighted by Gasteiger charge is 2.01. The molecule has 1 heterocycles. The van der Waals surface area contributed by atoms with Crippen LogP contribution in [0.1, 0.15) is 25.5 Å². The third-order valence-electron chi connectivity index (χ3n) is 1.55. The molecule has 1 radical (unpaired) electrons. The van der Waals surface area contributed by atoms with Crippen molar-refractivity contribution in [2.45, 2.75) is 19.8 Å². The average Bonchev–Trinajstić information content (AvgIpc) is 2.05. The molecule has 10 heavy (non-hydrogen) atoms. The van der Waals surface area contributed by atoms with E-state index in [4.69, 9.17) is 0 Å². The minimum Gasteiger partial charge on any atom is -0.261 e. The van der Waals surface area contributed by atoms with Crippen molar-refractivity contribution in [1.29, 1.82) is 0 Å². The van der Waals surface area contributed by atoms with E-state index in [1.807, 2.05) is 6.92 Å². The number of aromatic nitrogens is 2. The van der Waals surface area contributed by atoms with E-state index in [2.05, 4.69) is 23.3 Å². The van der Waals surface area contributed by atoms with Crippen LogP contribution in [0.4, 0.5) is 0 Å². The Morgan fingerprint density at radius 3 is 2.80 bits per heavy atom. The summed E-state index contributed by atoms with van der Waals surface area (Å²) in [5.74, 6) is 0.411. The maximum absolute atomic E-state index is 4.16. The molecule has 0 aliphatic carbocycles. The van der Waals surface area contributed by atoms with E-state index in [0.29, 0.717) is 5.92 Å². The zero-order chi connectivity index (χ0) is 7.40. The summed E-state index contributed by atoms with van der Waals surface area (Å²) >= 11 is 0. The van der Waals surface area contributed by atoms with Crippen molar-refractivity contribution in [3.8, 4) is 0 Å². The van der Waals surface area contributed by atoms with Gasteiger partial charge in [0.2, 0.25) is 0 Å². The molecule has 0 aliphatic rings. The standard InChI is InChI=1S/C8H11N2/c1-3-7(2)8-6-9-4-5-10-8/h3-7H,1-2H3. The van der Waals surface area contributed by atoms with Crippen LogP contribution in [-0.4, -0.2) is 9.97 Å². The second-order valence-electron chi connectivity index (χ2n) is 2.25. The normalized spacial score (nSPS) is 13.0. The Morgan fingerprint density at radius 1 is 1.50 bits per heavy atom. The molecule has 0 saturated carbocycles. The lowest BCUT2D eigenvalue weighted by molar-refractivity contribution is 0.831. The van der Waals surface area contributed by atoms with E-state index >= 15 is 0 Å². The third kappa shape index (κ3) is 1.53. The van der Waals surface area contributed by atoms with Crippen LogP contribution in [0.2, 0.25) is 0 Å². The fraction of sp³-hybridized carbons (Fsp3) is 0.375. The molecule has 0 aromatic carbocycles. The fourth-order valence-electron chi connectivity index (χ4n) is 0.717. The highest BCUT2D eigenvalue weighted by molar-refractivity contribution is 5.05. The van der Waals surface area contributed by atoms with Gasteiger partial charge in [0.25, 0.3) is 0 Å². The van der Waals surface area contributed by atoms with Crippen molar-refractivity contribution >= 4 is 0 Å². The second-order valence-corrected chi connectivity index (χ2v) is 2.25. The van der Waals surface area contributed by atoms with Gasteiger partial charge < -0.3 is 0 Å². The van der Waals surface area contributed by atoms with Gasteiger partial charge in [0.05, 0.1) is 5.69 Å². The number of nitrogens with zero attached hydrogens (tertiary/aromatic N) is 2. The van der Waals surface area contributed by atoms with E-state index in [1.54, 1.807) is 18.6 Å². The van der Waals surface area contributed by atoms with Crippen molar-refractivity contribution in [1.82, 2.24) is 9.97 Å². The highest BCUT2D eigenvalue weighted by atomic mass is 14.8. The van der Waals surface area contributed by atoms with Crippen LogP contribution in [-0.2, 0) is 0 Å². The van der Waals surface area contributed by atoms with Gasteiger partial charge in [-0.2, -0.15) is 0 Å². The molecule has 1 aromatic rings. The van der Waals surface area contributed by atoms with Gasteiger partial charge in [-0.1, -0.05) is 13.8 Å². The first kappa shape index (κ1) is 7.19. The Morgan fingerprint density at radius 2 is 2.30 bits per heavy atom. The van der Waals surface area contributed by atoms with Gasteiger partial charge in [-0.25, -0.2) is 0 Å². The average molecular weight is 135 g/mol. The van der Waals surface area contributed by atoms with Gasteiger partial charge in [0.1, 0.15) is 0 Å². The van der Waals surface area contributed by atoms with Gasteiger partial charge >= 0.3 is 0 Å². The molecule has 0 bridgehead atoms. The Labute approximate surface area is 61.3 Å². The first-order chi connectivity index (χ1) is 4.84. The largest absolute Gasteiger partial charge is 0.261 e. The molecule has 2 heteroatoms. The lowest BCUT2D eigenvalue weighted by Crippen LogP contribution is -1.95. The predicted molar refractivity (Wildman–Crippen MR) is 40.4 cm³/mol. The highest BCUT2D eigenvalue weighted by Crippen LogP contribution is 2.12. The second kappa shape index (κ2) is 3.30. The number of hydrogen-bond donors (Lipinski definition) is 0. The van der Waals surface area contributed by atoms with Crippen molar-refractivity contribution < 1.29 is 0 Å². The summed E-state index contributed by atoms with van der Waals surface area (Å²) in [6.45, 7) is 4.13. The molecule has 1 atom stereocenters. The lowest BCUT2D eigenvalue weighted by atomic mass is 10.1. The molecule has 0 aliphatic heterocycles. The molecule has 2 nitrogen and oxygen atoms in total. The van der Waals surface area contributed by atoms with E-state index in [0.717, 1.165) is 5.69 Å². The maximum Gasteiger partial charge on any atom is 0.0617 e. The van der Waals surface area contributed by atoms with Gasteiger partial charge in [-0.05, 0) is 6.42 Å². The van der Waals surface area contributed by atoms with Crippen molar-refractivity contribution in [3.05, 3.63) is 30.7 Å². The molecule has 1 unspecified atom stereocenters. The minimum absolute atomic E-state index is 0.411. The number of rotatable bonds is 2. The lowest BCUT2D eigenvalue weighted by Gasteiger charge is -2.04. The summed E-state index contributed by atoms with van der Waals surface area (Å²) in [6.07, 6.45) is 7.30. The molecule has 1 aromatic heterocycles. The Bertz CT molecular complexity index is 184. The van der Waals surface area contributed by atoms with E-state index in [1.165, 1.54) is 0 Å². The SMILES string of the molecule is C[CH]C(C)c1cnccn1. The Balaban J connectivity index is 2.75. The molecule has 0 saturated heterocycles. The molecule has 0 spiro atoms. The fourth-order valence-corrected chi connectivity index (χ4v) is 0.717. The molecule has 1 rings (SSSR count). The van der Waals surface area contributed by atoms with Crippen LogP contribution in [0.5, 0.6) is 0 Å². The Kier molecular flexibility index (Phi) is 2.37. The third-order valence-corrected chi connectivity index (χ3v) is 1.55. The quantitative estimate of drug-likeness (QED) is 0.618. The number of hydrogen-bond acceptors (Lipinski definition) is 2. The predicted octanol–water partition coefficient (Wildman–Crippen LogP) is 1.80. The van der Waals surface area contributed by atoms with Crippen molar-refractivity contribution in [2.75, 3.05) is 0 Å². The smallest absolute Gasteiger partial charge is 0.0617 e. The zero-order valence-corrected chi connectivity index (χ0v) is 6.28. The van der Waals surface area contributed by atoms with Crippen LogP contribution in [0.15, 0.2) is 18.6 Å². The molecular weight excluding hydrogens is 124 g/mol. The van der Waals surface area contributed by atoms with Crippen LogP contribution < -0.4 is 0 Å².